The van der Waals surface area contributed by atoms with Gasteiger partial charge in [-0.2, -0.15) is 9.29 Å². The number of aromatic nitrogens is 2. The van der Waals surface area contributed by atoms with Crippen LogP contribution in [0.2, 0.25) is 0 Å². The van der Waals surface area contributed by atoms with E-state index in [0.29, 0.717) is 42.7 Å². The van der Waals surface area contributed by atoms with Crippen molar-refractivity contribution in [2.75, 3.05) is 19.7 Å². The van der Waals surface area contributed by atoms with Gasteiger partial charge in [-0.15, -0.1) is 0 Å². The normalized spacial score (nSPS) is 15.3. The summed E-state index contributed by atoms with van der Waals surface area (Å²) in [7, 11) is -3.46. The predicted molar refractivity (Wildman–Crippen MR) is 103 cm³/mol. The molecule has 0 aliphatic carbocycles. The summed E-state index contributed by atoms with van der Waals surface area (Å²) >= 11 is 0. The highest BCUT2D eigenvalue weighted by Gasteiger charge is 2.40. The van der Waals surface area contributed by atoms with Gasteiger partial charge in [0.1, 0.15) is 5.75 Å². The van der Waals surface area contributed by atoms with Crippen LogP contribution in [0.3, 0.4) is 0 Å². The zero-order chi connectivity index (χ0) is 19.6. The molecule has 1 saturated heterocycles. The highest BCUT2D eigenvalue weighted by molar-refractivity contribution is 7.89. The van der Waals surface area contributed by atoms with E-state index < -0.39 is 10.0 Å². The second-order valence-corrected chi connectivity index (χ2v) is 8.73. The van der Waals surface area contributed by atoms with Gasteiger partial charge in [-0.3, -0.25) is 0 Å². The van der Waals surface area contributed by atoms with Crippen molar-refractivity contribution >= 4 is 10.0 Å². The van der Waals surface area contributed by atoms with Crippen LogP contribution in [-0.2, 0) is 16.4 Å². The van der Waals surface area contributed by atoms with Crippen LogP contribution in [0, 0.1) is 6.92 Å². The third-order valence-electron chi connectivity index (χ3n) is 4.65. The van der Waals surface area contributed by atoms with Gasteiger partial charge < -0.3 is 9.26 Å². The molecule has 2 aromatic carbocycles. The van der Waals surface area contributed by atoms with Crippen LogP contribution in [-0.4, -0.2) is 42.6 Å². The first-order valence-corrected chi connectivity index (χ1v) is 10.5. The second kappa shape index (κ2) is 7.73. The number of sulfonamides is 1. The Kier molecular flexibility index (Phi) is 5.15. The molecule has 0 radical (unpaired) electrons. The standard InChI is InChI=1S/C20H21N3O4S/c1-15-6-5-7-17(12-15)26-11-10-19-21-20(27-22-19)16-13-23(14-16)28(24,25)18-8-3-2-4-9-18/h2-9,12,16H,10-11,13-14H2,1H3. The molecule has 4 rings (SSSR count). The van der Waals surface area contributed by atoms with Crippen LogP contribution in [0.1, 0.15) is 23.2 Å². The molecule has 7 nitrogen and oxygen atoms in total. The number of ether oxygens (including phenoxy) is 1. The van der Waals surface area contributed by atoms with E-state index in [9.17, 15) is 8.42 Å². The van der Waals surface area contributed by atoms with E-state index in [4.69, 9.17) is 9.26 Å². The first kappa shape index (κ1) is 18.6. The van der Waals surface area contributed by atoms with Crippen LogP contribution >= 0.6 is 0 Å². The van der Waals surface area contributed by atoms with Crippen molar-refractivity contribution in [2.45, 2.75) is 24.2 Å². The van der Waals surface area contributed by atoms with Crippen LogP contribution < -0.4 is 4.74 Å². The maximum absolute atomic E-state index is 12.5. The number of rotatable bonds is 7. The number of hydrogen-bond acceptors (Lipinski definition) is 6. The fourth-order valence-corrected chi connectivity index (χ4v) is 4.58. The van der Waals surface area contributed by atoms with Gasteiger partial charge in [-0.05, 0) is 36.8 Å². The number of hydrogen-bond donors (Lipinski definition) is 0. The van der Waals surface area contributed by atoms with Gasteiger partial charge in [0.05, 0.1) is 17.4 Å². The van der Waals surface area contributed by atoms with Crippen molar-refractivity contribution in [3.63, 3.8) is 0 Å². The zero-order valence-corrected chi connectivity index (χ0v) is 16.3. The van der Waals surface area contributed by atoms with Crippen LogP contribution in [0.25, 0.3) is 0 Å². The smallest absolute Gasteiger partial charge is 0.243 e. The summed E-state index contributed by atoms with van der Waals surface area (Å²) in [6.45, 7) is 3.15. The molecule has 0 amide bonds. The van der Waals surface area contributed by atoms with E-state index in [-0.39, 0.29) is 5.92 Å². The molecular formula is C20H21N3O4S. The first-order valence-electron chi connectivity index (χ1n) is 9.09. The number of nitrogens with zero attached hydrogens (tertiary/aromatic N) is 3. The van der Waals surface area contributed by atoms with Gasteiger partial charge in [0.15, 0.2) is 5.82 Å². The average Bonchev–Trinajstić information content (AvgIpc) is 3.09. The molecule has 0 atom stereocenters. The third-order valence-corrected chi connectivity index (χ3v) is 6.49. The molecule has 0 unspecified atom stereocenters. The minimum absolute atomic E-state index is 0.0718. The maximum atomic E-state index is 12.5. The Morgan fingerprint density at radius 2 is 1.93 bits per heavy atom. The van der Waals surface area contributed by atoms with E-state index in [1.165, 1.54) is 4.31 Å². The Labute approximate surface area is 164 Å². The fourth-order valence-electron chi connectivity index (χ4n) is 3.03. The van der Waals surface area contributed by atoms with E-state index in [0.717, 1.165) is 11.3 Å². The largest absolute Gasteiger partial charge is 0.493 e. The van der Waals surface area contributed by atoms with Crippen molar-refractivity contribution in [1.29, 1.82) is 0 Å². The minimum atomic E-state index is -3.46. The molecule has 0 bridgehead atoms. The quantitative estimate of drug-likeness (QED) is 0.607. The maximum Gasteiger partial charge on any atom is 0.243 e. The summed E-state index contributed by atoms with van der Waals surface area (Å²) in [5.74, 6) is 1.78. The Morgan fingerprint density at radius 3 is 2.68 bits per heavy atom. The van der Waals surface area contributed by atoms with Crippen molar-refractivity contribution in [3.05, 3.63) is 71.9 Å². The first-order chi connectivity index (χ1) is 13.5. The molecular weight excluding hydrogens is 378 g/mol. The molecule has 0 spiro atoms. The topological polar surface area (TPSA) is 85.5 Å². The van der Waals surface area contributed by atoms with Gasteiger partial charge >= 0.3 is 0 Å². The summed E-state index contributed by atoms with van der Waals surface area (Å²) in [4.78, 5) is 4.69. The molecule has 3 aromatic rings. The number of aryl methyl sites for hydroxylation is 1. The highest BCUT2D eigenvalue weighted by atomic mass is 32.2. The van der Waals surface area contributed by atoms with E-state index in [2.05, 4.69) is 10.1 Å². The van der Waals surface area contributed by atoms with Crippen molar-refractivity contribution in [2.24, 2.45) is 0 Å². The van der Waals surface area contributed by atoms with E-state index in [1.54, 1.807) is 30.3 Å². The van der Waals surface area contributed by atoms with Crippen molar-refractivity contribution in [3.8, 4) is 5.75 Å². The Bertz CT molecular complexity index is 1040. The fraction of sp³-hybridized carbons (Fsp3) is 0.300. The van der Waals surface area contributed by atoms with Gasteiger partial charge in [0.2, 0.25) is 15.9 Å². The second-order valence-electron chi connectivity index (χ2n) is 6.80. The van der Waals surface area contributed by atoms with Crippen molar-refractivity contribution in [1.82, 2.24) is 14.4 Å². The lowest BCUT2D eigenvalue weighted by atomic mass is 10.0. The highest BCUT2D eigenvalue weighted by Crippen LogP contribution is 2.31. The lowest BCUT2D eigenvalue weighted by Crippen LogP contribution is -2.48. The summed E-state index contributed by atoms with van der Waals surface area (Å²) in [6.07, 6.45) is 0.524. The van der Waals surface area contributed by atoms with Crippen LogP contribution in [0.4, 0.5) is 0 Å². The molecule has 8 heteroatoms. The zero-order valence-electron chi connectivity index (χ0n) is 15.5. The monoisotopic (exact) mass is 399 g/mol. The molecule has 1 aliphatic heterocycles. The molecule has 1 fully saturated rings. The van der Waals surface area contributed by atoms with E-state index in [1.807, 2.05) is 31.2 Å². The predicted octanol–water partition coefficient (Wildman–Crippen LogP) is 2.79. The summed E-state index contributed by atoms with van der Waals surface area (Å²) in [5, 5.41) is 3.98. The third kappa shape index (κ3) is 3.93. The SMILES string of the molecule is Cc1cccc(OCCc2noc(C3CN(S(=O)(=O)c4ccccc4)C3)n2)c1. The minimum Gasteiger partial charge on any atom is -0.493 e. The Morgan fingerprint density at radius 1 is 1.14 bits per heavy atom. The molecule has 2 heterocycles. The summed E-state index contributed by atoms with van der Waals surface area (Å²) in [6, 6.07) is 16.3. The Hall–Kier alpha value is -2.71. The van der Waals surface area contributed by atoms with Gasteiger partial charge in [0, 0.05) is 19.5 Å². The number of benzene rings is 2. The van der Waals surface area contributed by atoms with Gasteiger partial charge in [-0.1, -0.05) is 35.5 Å². The van der Waals surface area contributed by atoms with Crippen molar-refractivity contribution < 1.29 is 17.7 Å². The Balaban J connectivity index is 1.30. The molecule has 28 heavy (non-hydrogen) atoms. The van der Waals surface area contributed by atoms with E-state index >= 15 is 0 Å². The summed E-state index contributed by atoms with van der Waals surface area (Å²) in [5.41, 5.74) is 1.14. The van der Waals surface area contributed by atoms with Gasteiger partial charge in [0.25, 0.3) is 0 Å². The molecule has 0 N–H and O–H groups in total. The van der Waals surface area contributed by atoms with Crippen LogP contribution in [0.15, 0.2) is 64.0 Å². The molecule has 146 valence electrons. The molecule has 1 aliphatic rings. The average molecular weight is 399 g/mol. The van der Waals surface area contributed by atoms with Gasteiger partial charge in [-0.25, -0.2) is 8.42 Å². The molecule has 0 saturated carbocycles. The molecule has 1 aromatic heterocycles. The van der Waals surface area contributed by atoms with Crippen LogP contribution in [0.5, 0.6) is 5.75 Å². The summed E-state index contributed by atoms with van der Waals surface area (Å²) < 4.78 is 37.5. The lowest BCUT2D eigenvalue weighted by Gasteiger charge is -2.35. The lowest BCUT2D eigenvalue weighted by molar-refractivity contribution is 0.216.